The summed E-state index contributed by atoms with van der Waals surface area (Å²) in [5.41, 5.74) is 3.43. The number of carbonyl (C=O) groups excluding carboxylic acids is 2. The lowest BCUT2D eigenvalue weighted by Crippen LogP contribution is -2.16. The lowest BCUT2D eigenvalue weighted by molar-refractivity contribution is -0.0987. The molecular weight excluding hydrogens is 389 g/mol. The summed E-state index contributed by atoms with van der Waals surface area (Å²) in [5.74, 6) is 0.545. The van der Waals surface area contributed by atoms with Gasteiger partial charge in [-0.25, -0.2) is 14.4 Å². The van der Waals surface area contributed by atoms with Crippen molar-refractivity contribution in [3.05, 3.63) is 47.4 Å². The molecule has 1 fully saturated rings. The predicted octanol–water partition coefficient (Wildman–Crippen LogP) is 3.49. The number of hydrogen-bond donors (Lipinski definition) is 0. The Bertz CT molecular complexity index is 818. The van der Waals surface area contributed by atoms with Crippen LogP contribution < -0.4 is 4.90 Å². The SMILES string of the molecule is C=O.C=O.CC(C)c1nc(N(C)C)nc(-c2ccc(F)cc2)c1/C=C/C1OCCO1. The second-order valence-electron chi connectivity index (χ2n) is 6.70. The summed E-state index contributed by atoms with van der Waals surface area (Å²) in [4.78, 5) is 27.3. The van der Waals surface area contributed by atoms with Crippen molar-refractivity contribution in [3.63, 3.8) is 0 Å². The fourth-order valence-corrected chi connectivity index (χ4v) is 2.77. The number of halogens is 1. The molecule has 162 valence electrons. The van der Waals surface area contributed by atoms with Crippen LogP contribution in [0.3, 0.4) is 0 Å². The molecule has 0 spiro atoms. The number of anilines is 1. The number of nitrogens with zero attached hydrogens (tertiary/aromatic N) is 3. The maximum absolute atomic E-state index is 13.4. The fraction of sp³-hybridized carbons (Fsp3) is 0.364. The van der Waals surface area contributed by atoms with Gasteiger partial charge in [-0.3, -0.25) is 0 Å². The van der Waals surface area contributed by atoms with E-state index in [0.717, 1.165) is 22.5 Å². The van der Waals surface area contributed by atoms with E-state index in [1.807, 2.05) is 44.7 Å². The molecule has 0 amide bonds. The van der Waals surface area contributed by atoms with Crippen molar-refractivity contribution in [1.82, 2.24) is 9.97 Å². The quantitative estimate of drug-likeness (QED) is 0.736. The van der Waals surface area contributed by atoms with E-state index in [0.29, 0.717) is 19.2 Å². The Kier molecular flexibility index (Phi) is 10.5. The molecule has 0 N–H and O–H groups in total. The third kappa shape index (κ3) is 6.53. The summed E-state index contributed by atoms with van der Waals surface area (Å²) in [6, 6.07) is 6.36. The highest BCUT2D eigenvalue weighted by molar-refractivity contribution is 5.74. The molecule has 1 aromatic heterocycles. The van der Waals surface area contributed by atoms with Crippen molar-refractivity contribution < 1.29 is 23.5 Å². The van der Waals surface area contributed by atoms with Crippen molar-refractivity contribution in [3.8, 4) is 11.3 Å². The molecule has 2 heterocycles. The van der Waals surface area contributed by atoms with Crippen LogP contribution in [-0.4, -0.2) is 57.1 Å². The molecule has 30 heavy (non-hydrogen) atoms. The van der Waals surface area contributed by atoms with E-state index in [1.165, 1.54) is 12.1 Å². The van der Waals surface area contributed by atoms with Gasteiger partial charge in [-0.2, -0.15) is 0 Å². The van der Waals surface area contributed by atoms with Crippen molar-refractivity contribution in [1.29, 1.82) is 0 Å². The second-order valence-corrected chi connectivity index (χ2v) is 6.70. The number of rotatable bonds is 5. The summed E-state index contributed by atoms with van der Waals surface area (Å²) in [7, 11) is 3.81. The van der Waals surface area contributed by atoms with E-state index >= 15 is 0 Å². The molecule has 0 saturated carbocycles. The first-order valence-corrected chi connectivity index (χ1v) is 9.30. The van der Waals surface area contributed by atoms with Gasteiger partial charge < -0.3 is 24.0 Å². The highest BCUT2D eigenvalue weighted by atomic mass is 19.1. The Labute approximate surface area is 176 Å². The Morgan fingerprint density at radius 2 is 1.63 bits per heavy atom. The average molecular weight is 417 g/mol. The molecule has 1 aliphatic rings. The van der Waals surface area contributed by atoms with Crippen LogP contribution in [0.15, 0.2) is 30.3 Å². The van der Waals surface area contributed by atoms with Crippen LogP contribution in [0.4, 0.5) is 10.3 Å². The summed E-state index contributed by atoms with van der Waals surface area (Å²) >= 11 is 0. The largest absolute Gasteiger partial charge is 0.347 e. The fourth-order valence-electron chi connectivity index (χ4n) is 2.77. The number of carbonyl (C=O) groups is 2. The lowest BCUT2D eigenvalue weighted by atomic mass is 9.98. The molecule has 0 bridgehead atoms. The number of aromatic nitrogens is 2. The van der Waals surface area contributed by atoms with Gasteiger partial charge in [-0.1, -0.05) is 13.8 Å². The number of ether oxygens (including phenoxy) is 2. The smallest absolute Gasteiger partial charge is 0.225 e. The monoisotopic (exact) mass is 417 g/mol. The minimum Gasteiger partial charge on any atom is -0.347 e. The lowest BCUT2D eigenvalue weighted by Gasteiger charge is -2.19. The Morgan fingerprint density at radius 3 is 2.13 bits per heavy atom. The highest BCUT2D eigenvalue weighted by Gasteiger charge is 2.19. The second kappa shape index (κ2) is 12.6. The molecular formula is C22H28FN3O4. The maximum atomic E-state index is 13.4. The topological polar surface area (TPSA) is 81.6 Å². The van der Waals surface area contributed by atoms with Gasteiger partial charge in [0.25, 0.3) is 0 Å². The number of hydrogen-bond acceptors (Lipinski definition) is 7. The molecule has 0 aliphatic carbocycles. The van der Waals surface area contributed by atoms with E-state index in [-0.39, 0.29) is 18.0 Å². The van der Waals surface area contributed by atoms with Crippen LogP contribution >= 0.6 is 0 Å². The standard InChI is InChI=1S/C20H24FN3O2.2CH2O/c1-13(2)18-16(9-10-17-25-11-12-26-17)19(23-20(22-18)24(3)4)14-5-7-15(21)8-6-14;2*1-2/h5-10,13,17H,11-12H2,1-4H3;2*1H2/b10-9+;;. The minimum absolute atomic E-state index is 0.195. The molecule has 8 heteroatoms. The Balaban J connectivity index is 0.00000106. The molecule has 1 aliphatic heterocycles. The molecule has 3 rings (SSSR count). The van der Waals surface area contributed by atoms with Crippen LogP contribution in [-0.2, 0) is 19.1 Å². The summed E-state index contributed by atoms with van der Waals surface area (Å²) in [5, 5.41) is 0. The maximum Gasteiger partial charge on any atom is 0.225 e. The average Bonchev–Trinajstić information content (AvgIpc) is 3.28. The van der Waals surface area contributed by atoms with Crippen LogP contribution in [0.5, 0.6) is 0 Å². The first-order valence-electron chi connectivity index (χ1n) is 9.30. The first kappa shape index (κ1) is 25.1. The Hall–Kier alpha value is -2.97. The van der Waals surface area contributed by atoms with E-state index < -0.39 is 0 Å². The van der Waals surface area contributed by atoms with Crippen molar-refractivity contribution in [2.75, 3.05) is 32.2 Å². The van der Waals surface area contributed by atoms with Crippen LogP contribution in [0.2, 0.25) is 0 Å². The first-order chi connectivity index (χ1) is 14.5. The van der Waals surface area contributed by atoms with E-state index in [1.54, 1.807) is 12.1 Å². The van der Waals surface area contributed by atoms with E-state index in [9.17, 15) is 4.39 Å². The minimum atomic E-state index is -0.357. The molecule has 0 atom stereocenters. The zero-order chi connectivity index (χ0) is 22.7. The molecule has 0 unspecified atom stereocenters. The van der Waals surface area contributed by atoms with E-state index in [2.05, 4.69) is 13.8 Å². The zero-order valence-corrected chi connectivity index (χ0v) is 17.8. The normalized spacial score (nSPS) is 13.5. The highest BCUT2D eigenvalue weighted by Crippen LogP contribution is 2.31. The molecule has 7 nitrogen and oxygen atoms in total. The Morgan fingerprint density at radius 1 is 1.07 bits per heavy atom. The number of benzene rings is 1. The van der Waals surface area contributed by atoms with Crippen LogP contribution in [0.1, 0.15) is 31.0 Å². The van der Waals surface area contributed by atoms with Crippen LogP contribution in [0.25, 0.3) is 17.3 Å². The zero-order valence-electron chi connectivity index (χ0n) is 17.8. The third-order valence-electron chi connectivity index (χ3n) is 4.10. The summed E-state index contributed by atoms with van der Waals surface area (Å²) in [6.07, 6.45) is 3.47. The molecule has 1 saturated heterocycles. The van der Waals surface area contributed by atoms with Crippen molar-refractivity contribution in [2.24, 2.45) is 0 Å². The van der Waals surface area contributed by atoms with Gasteiger partial charge in [0.1, 0.15) is 19.4 Å². The van der Waals surface area contributed by atoms with Gasteiger partial charge in [0.05, 0.1) is 24.6 Å². The molecule has 2 aromatic rings. The van der Waals surface area contributed by atoms with Gasteiger partial charge in [-0.05, 0) is 42.3 Å². The van der Waals surface area contributed by atoms with E-state index in [4.69, 9.17) is 29.0 Å². The third-order valence-corrected chi connectivity index (χ3v) is 4.10. The van der Waals surface area contributed by atoms with Gasteiger partial charge in [0, 0.05) is 25.2 Å². The predicted molar refractivity (Wildman–Crippen MR) is 115 cm³/mol. The van der Waals surface area contributed by atoms with Crippen molar-refractivity contribution >= 4 is 25.6 Å². The van der Waals surface area contributed by atoms with Gasteiger partial charge in [0.15, 0.2) is 6.29 Å². The molecule has 1 aromatic carbocycles. The molecule has 0 radical (unpaired) electrons. The van der Waals surface area contributed by atoms with Gasteiger partial charge in [0.2, 0.25) is 5.95 Å². The summed E-state index contributed by atoms with van der Waals surface area (Å²) < 4.78 is 24.4. The van der Waals surface area contributed by atoms with Crippen molar-refractivity contribution in [2.45, 2.75) is 26.1 Å². The summed E-state index contributed by atoms with van der Waals surface area (Å²) in [6.45, 7) is 9.37. The van der Waals surface area contributed by atoms with Gasteiger partial charge >= 0.3 is 0 Å². The van der Waals surface area contributed by atoms with Gasteiger partial charge in [-0.15, -0.1) is 0 Å². The van der Waals surface area contributed by atoms with Crippen LogP contribution in [0, 0.1) is 5.82 Å².